The van der Waals surface area contributed by atoms with Crippen molar-refractivity contribution in [3.63, 3.8) is 0 Å². The van der Waals surface area contributed by atoms with Crippen LogP contribution in [0, 0.1) is 5.41 Å². The summed E-state index contributed by atoms with van der Waals surface area (Å²) in [4.78, 5) is 22.4. The lowest BCUT2D eigenvalue weighted by Gasteiger charge is -2.17. The van der Waals surface area contributed by atoms with Crippen molar-refractivity contribution in [2.24, 2.45) is 11.1 Å². The van der Waals surface area contributed by atoms with Crippen LogP contribution in [-0.2, 0) is 9.59 Å². The first kappa shape index (κ1) is 13.9. The number of nitrogens with two attached hydrogens (primary N) is 1. The van der Waals surface area contributed by atoms with E-state index < -0.39 is 11.5 Å². The van der Waals surface area contributed by atoms with Crippen molar-refractivity contribution < 1.29 is 9.59 Å². The average molecular weight is 215 g/mol. The van der Waals surface area contributed by atoms with Crippen LogP contribution >= 0.6 is 0 Å². The van der Waals surface area contributed by atoms with Crippen LogP contribution in [0.5, 0.6) is 0 Å². The molecule has 0 unspecified atom stereocenters. The molecule has 0 saturated carbocycles. The fourth-order valence-electron chi connectivity index (χ4n) is 0.788. The van der Waals surface area contributed by atoms with Crippen LogP contribution in [0.15, 0.2) is 0 Å². The van der Waals surface area contributed by atoms with E-state index in [2.05, 4.69) is 10.6 Å². The highest BCUT2D eigenvalue weighted by Gasteiger charge is 2.20. The summed E-state index contributed by atoms with van der Waals surface area (Å²) < 4.78 is 0. The molecule has 0 aromatic heterocycles. The van der Waals surface area contributed by atoms with Crippen molar-refractivity contribution in [3.8, 4) is 0 Å². The number of carbonyl (C=O) groups is 2. The summed E-state index contributed by atoms with van der Waals surface area (Å²) in [7, 11) is 0. The van der Waals surface area contributed by atoms with Crippen LogP contribution in [0.1, 0.15) is 27.7 Å². The topological polar surface area (TPSA) is 84.2 Å². The van der Waals surface area contributed by atoms with Gasteiger partial charge >= 0.3 is 0 Å². The van der Waals surface area contributed by atoms with Gasteiger partial charge in [-0.05, 0) is 6.92 Å². The van der Waals surface area contributed by atoms with Gasteiger partial charge in [0.25, 0.3) is 0 Å². The molecule has 0 aliphatic rings. The molecule has 5 nitrogen and oxygen atoms in total. The van der Waals surface area contributed by atoms with Crippen LogP contribution in [0.2, 0.25) is 0 Å². The maximum atomic E-state index is 11.4. The minimum absolute atomic E-state index is 0.0301. The highest BCUT2D eigenvalue weighted by molar-refractivity contribution is 5.82. The molecule has 0 bridgehead atoms. The second-order valence-corrected chi connectivity index (χ2v) is 4.59. The van der Waals surface area contributed by atoms with Crippen LogP contribution in [0.3, 0.4) is 0 Å². The SMILES string of the molecule is C[C@H](N)C(=O)NCCNC(=O)C(C)(C)C. The van der Waals surface area contributed by atoms with Gasteiger partial charge in [0.15, 0.2) is 0 Å². The van der Waals surface area contributed by atoms with Gasteiger partial charge in [-0.1, -0.05) is 20.8 Å². The Kier molecular flexibility index (Phi) is 5.28. The summed E-state index contributed by atoms with van der Waals surface area (Å²) in [6.45, 7) is 7.95. The van der Waals surface area contributed by atoms with Crippen molar-refractivity contribution in [2.75, 3.05) is 13.1 Å². The van der Waals surface area contributed by atoms with Crippen molar-refractivity contribution in [1.82, 2.24) is 10.6 Å². The lowest BCUT2D eigenvalue weighted by atomic mass is 9.96. The molecule has 0 aliphatic carbocycles. The van der Waals surface area contributed by atoms with Crippen molar-refractivity contribution in [2.45, 2.75) is 33.7 Å². The smallest absolute Gasteiger partial charge is 0.236 e. The number of carbonyl (C=O) groups excluding carboxylic acids is 2. The summed E-state index contributed by atoms with van der Waals surface area (Å²) in [5.74, 6) is -0.238. The fraction of sp³-hybridized carbons (Fsp3) is 0.800. The molecule has 0 fully saturated rings. The lowest BCUT2D eigenvalue weighted by molar-refractivity contribution is -0.128. The molecule has 15 heavy (non-hydrogen) atoms. The van der Waals surface area contributed by atoms with Crippen molar-refractivity contribution >= 4 is 11.8 Å². The van der Waals surface area contributed by atoms with Crippen LogP contribution in [0.25, 0.3) is 0 Å². The zero-order chi connectivity index (χ0) is 12.1. The van der Waals surface area contributed by atoms with Gasteiger partial charge < -0.3 is 16.4 Å². The van der Waals surface area contributed by atoms with E-state index in [4.69, 9.17) is 5.73 Å². The largest absolute Gasteiger partial charge is 0.354 e. The molecule has 0 aromatic carbocycles. The Bertz CT molecular complexity index is 231. The van der Waals surface area contributed by atoms with Gasteiger partial charge in [0.2, 0.25) is 11.8 Å². The third-order valence-corrected chi connectivity index (χ3v) is 1.80. The molecule has 0 saturated heterocycles. The molecular formula is C10H21N3O2. The first-order valence-corrected chi connectivity index (χ1v) is 5.06. The molecule has 0 spiro atoms. The summed E-state index contributed by atoms with van der Waals surface area (Å²) in [6.07, 6.45) is 0. The van der Waals surface area contributed by atoms with Gasteiger partial charge in [0.05, 0.1) is 6.04 Å². The van der Waals surface area contributed by atoms with Gasteiger partial charge in [-0.2, -0.15) is 0 Å². The maximum Gasteiger partial charge on any atom is 0.236 e. The van der Waals surface area contributed by atoms with E-state index in [0.717, 1.165) is 0 Å². The van der Waals surface area contributed by atoms with Gasteiger partial charge in [0.1, 0.15) is 0 Å². The number of amides is 2. The van der Waals surface area contributed by atoms with E-state index in [1.807, 2.05) is 20.8 Å². The molecule has 0 heterocycles. The Morgan fingerprint density at radius 2 is 1.67 bits per heavy atom. The normalized spacial score (nSPS) is 13.1. The quantitative estimate of drug-likeness (QED) is 0.558. The van der Waals surface area contributed by atoms with Crippen LogP contribution < -0.4 is 16.4 Å². The first-order chi connectivity index (χ1) is 6.75. The number of hydrogen-bond acceptors (Lipinski definition) is 3. The Labute approximate surface area is 90.8 Å². The fourth-order valence-corrected chi connectivity index (χ4v) is 0.788. The molecule has 5 heteroatoms. The average Bonchev–Trinajstić information content (AvgIpc) is 2.09. The van der Waals surface area contributed by atoms with E-state index in [1.54, 1.807) is 6.92 Å². The van der Waals surface area contributed by atoms with Crippen molar-refractivity contribution in [3.05, 3.63) is 0 Å². The lowest BCUT2D eigenvalue weighted by Crippen LogP contribution is -2.43. The van der Waals surface area contributed by atoms with Gasteiger partial charge in [-0.15, -0.1) is 0 Å². The maximum absolute atomic E-state index is 11.4. The predicted molar refractivity (Wildman–Crippen MR) is 59.1 cm³/mol. The molecule has 0 rings (SSSR count). The molecular weight excluding hydrogens is 194 g/mol. The van der Waals surface area contributed by atoms with E-state index >= 15 is 0 Å². The van der Waals surface area contributed by atoms with E-state index in [1.165, 1.54) is 0 Å². The molecule has 1 atom stereocenters. The molecule has 88 valence electrons. The van der Waals surface area contributed by atoms with Crippen LogP contribution in [-0.4, -0.2) is 30.9 Å². The summed E-state index contributed by atoms with van der Waals surface area (Å²) >= 11 is 0. The Morgan fingerprint density at radius 1 is 1.20 bits per heavy atom. The van der Waals surface area contributed by atoms with E-state index in [0.29, 0.717) is 13.1 Å². The molecule has 4 N–H and O–H groups in total. The second-order valence-electron chi connectivity index (χ2n) is 4.59. The second kappa shape index (κ2) is 5.70. The third kappa shape index (κ3) is 6.06. The Morgan fingerprint density at radius 3 is 2.07 bits per heavy atom. The van der Waals surface area contributed by atoms with Gasteiger partial charge in [-0.25, -0.2) is 0 Å². The van der Waals surface area contributed by atoms with E-state index in [-0.39, 0.29) is 11.8 Å². The molecule has 0 radical (unpaired) electrons. The molecule has 0 aliphatic heterocycles. The molecule has 2 amide bonds. The highest BCUT2D eigenvalue weighted by Crippen LogP contribution is 2.11. The standard InChI is InChI=1S/C10H21N3O2/c1-7(11)8(14)12-5-6-13-9(15)10(2,3)4/h7H,5-6,11H2,1-4H3,(H,12,14)(H,13,15)/t7-/m0/s1. The Balaban J connectivity index is 3.65. The zero-order valence-electron chi connectivity index (χ0n) is 9.89. The summed E-state index contributed by atoms with van der Waals surface area (Å²) in [5.41, 5.74) is 4.95. The van der Waals surface area contributed by atoms with E-state index in [9.17, 15) is 9.59 Å². The third-order valence-electron chi connectivity index (χ3n) is 1.80. The number of hydrogen-bond donors (Lipinski definition) is 3. The zero-order valence-corrected chi connectivity index (χ0v) is 9.89. The number of nitrogens with one attached hydrogen (secondary N) is 2. The first-order valence-electron chi connectivity index (χ1n) is 5.06. The highest BCUT2D eigenvalue weighted by atomic mass is 16.2. The van der Waals surface area contributed by atoms with Crippen molar-refractivity contribution in [1.29, 1.82) is 0 Å². The minimum Gasteiger partial charge on any atom is -0.354 e. The summed E-state index contributed by atoms with van der Waals surface area (Å²) in [5, 5.41) is 5.33. The molecule has 0 aromatic rings. The van der Waals surface area contributed by atoms with Gasteiger partial charge in [0, 0.05) is 18.5 Å². The summed E-state index contributed by atoms with van der Waals surface area (Å²) in [6, 6.07) is -0.511. The van der Waals surface area contributed by atoms with Crippen LogP contribution in [0.4, 0.5) is 0 Å². The van der Waals surface area contributed by atoms with Gasteiger partial charge in [-0.3, -0.25) is 9.59 Å². The monoisotopic (exact) mass is 215 g/mol. The minimum atomic E-state index is -0.511. The predicted octanol–water partition coefficient (Wildman–Crippen LogP) is -0.388. The Hall–Kier alpha value is -1.10. The number of rotatable bonds is 4.